The Morgan fingerprint density at radius 2 is 1.90 bits per heavy atom. The number of hydrogen-bond acceptors (Lipinski definition) is 3. The Morgan fingerprint density at radius 3 is 2.66 bits per heavy atom. The molecule has 1 heterocycles. The fourth-order valence-corrected chi connectivity index (χ4v) is 2.63. The molecule has 148 valence electrons. The second-order valence-electron chi connectivity index (χ2n) is 5.89. The van der Waals surface area contributed by atoms with Crippen LogP contribution in [0.3, 0.4) is 0 Å². The number of rotatable bonds is 4. The molecule has 0 fully saturated rings. The first-order valence-electron chi connectivity index (χ1n) is 8.52. The van der Waals surface area contributed by atoms with Crippen molar-refractivity contribution in [2.24, 2.45) is 0 Å². The number of H-pyrrole nitrogens is 1. The van der Waals surface area contributed by atoms with Gasteiger partial charge >= 0.3 is 6.18 Å². The van der Waals surface area contributed by atoms with E-state index in [0.717, 1.165) is 6.07 Å². The maximum absolute atomic E-state index is 12.9. The Morgan fingerprint density at radius 1 is 1.17 bits per heavy atom. The topological polar surface area (TPSA) is 67.0 Å². The van der Waals surface area contributed by atoms with Crippen LogP contribution in [0.15, 0.2) is 54.6 Å². The summed E-state index contributed by atoms with van der Waals surface area (Å²) in [5, 5.41) is 9.26. The molecule has 29 heavy (non-hydrogen) atoms. The number of ether oxygens (including phenoxy) is 1. The molecular weight excluding hydrogens is 383 g/mol. The number of alkyl halides is 3. The summed E-state index contributed by atoms with van der Waals surface area (Å²) >= 11 is 0. The van der Waals surface area contributed by atoms with Crippen LogP contribution in [0.4, 0.5) is 13.2 Å². The minimum atomic E-state index is -4.49. The lowest BCUT2D eigenvalue weighted by molar-refractivity contribution is -0.137. The maximum atomic E-state index is 12.9. The molecule has 0 spiro atoms. The van der Waals surface area contributed by atoms with Crippen molar-refractivity contribution in [2.45, 2.75) is 6.18 Å². The van der Waals surface area contributed by atoms with E-state index in [9.17, 15) is 18.0 Å². The zero-order valence-electron chi connectivity index (χ0n) is 15.3. The third kappa shape index (κ3) is 4.76. The fraction of sp³-hybridized carbons (Fsp3) is 0.143. The summed E-state index contributed by atoms with van der Waals surface area (Å²) < 4.78 is 44.1. The van der Waals surface area contributed by atoms with E-state index >= 15 is 0 Å². The number of carbonyl (C=O) groups is 1. The summed E-state index contributed by atoms with van der Waals surface area (Å²) in [6.07, 6.45) is -4.49. The minimum Gasteiger partial charge on any atom is -0.496 e. The summed E-state index contributed by atoms with van der Waals surface area (Å²) in [5.74, 6) is 5.12. The van der Waals surface area contributed by atoms with Crippen LogP contribution in [-0.4, -0.2) is 29.8 Å². The highest BCUT2D eigenvalue weighted by Gasteiger charge is 2.32. The largest absolute Gasteiger partial charge is 0.496 e. The Balaban J connectivity index is 1.67. The molecule has 0 aliphatic rings. The molecule has 0 bridgehead atoms. The zero-order valence-corrected chi connectivity index (χ0v) is 15.3. The molecule has 0 radical (unpaired) electrons. The zero-order chi connectivity index (χ0) is 20.9. The third-order valence-corrected chi connectivity index (χ3v) is 4.00. The molecule has 2 N–H and O–H groups in total. The summed E-state index contributed by atoms with van der Waals surface area (Å²) in [6, 6.07) is 13.8. The van der Waals surface area contributed by atoms with Crippen molar-refractivity contribution in [3.8, 4) is 28.8 Å². The normalized spacial score (nSPS) is 10.8. The molecule has 1 amide bonds. The molecule has 0 saturated carbocycles. The Kier molecular flexibility index (Phi) is 5.88. The number of nitrogens with one attached hydrogen (secondary N) is 2. The quantitative estimate of drug-likeness (QED) is 0.655. The van der Waals surface area contributed by atoms with Crippen LogP contribution in [0.1, 0.15) is 21.6 Å². The number of nitrogens with zero attached hydrogens (tertiary/aromatic N) is 1. The minimum absolute atomic E-state index is 0.117. The summed E-state index contributed by atoms with van der Waals surface area (Å²) in [7, 11) is 1.54. The van der Waals surface area contributed by atoms with Crippen LogP contribution < -0.4 is 10.1 Å². The van der Waals surface area contributed by atoms with Gasteiger partial charge in [-0.15, -0.1) is 0 Å². The number of halogens is 3. The van der Waals surface area contributed by atoms with E-state index in [1.165, 1.54) is 25.3 Å². The van der Waals surface area contributed by atoms with Gasteiger partial charge in [-0.1, -0.05) is 36.1 Å². The van der Waals surface area contributed by atoms with Gasteiger partial charge in [-0.3, -0.25) is 9.89 Å². The lowest BCUT2D eigenvalue weighted by atomic mass is 10.1. The summed E-state index contributed by atoms with van der Waals surface area (Å²) in [5.41, 5.74) is 0.484. The Labute approximate surface area is 164 Å². The molecule has 5 nitrogen and oxygen atoms in total. The molecule has 0 aliphatic carbocycles. The molecular formula is C21H16F3N3O2. The average Bonchev–Trinajstić information content (AvgIpc) is 3.21. The van der Waals surface area contributed by atoms with Crippen LogP contribution in [-0.2, 0) is 6.18 Å². The van der Waals surface area contributed by atoms with Gasteiger partial charge in [-0.05, 0) is 30.3 Å². The standard InChI is InChI=1S/C21H16F3N3O2/c1-29-19-11-5-3-9-15(19)17-13-18(27-26-17)20(28)25-12-6-8-14-7-2-4-10-16(14)21(22,23)24/h2-5,7,9-11,13H,12H2,1H3,(H,25,28)(H,26,27). The number of methoxy groups -OCH3 is 1. The van der Waals surface area contributed by atoms with Crippen molar-refractivity contribution in [3.05, 3.63) is 71.4 Å². The second-order valence-corrected chi connectivity index (χ2v) is 5.89. The number of aromatic amines is 1. The van der Waals surface area contributed by atoms with Gasteiger partial charge in [0.25, 0.3) is 5.91 Å². The molecule has 0 aliphatic heterocycles. The van der Waals surface area contributed by atoms with E-state index in [2.05, 4.69) is 27.4 Å². The van der Waals surface area contributed by atoms with Crippen molar-refractivity contribution >= 4 is 5.91 Å². The number of amides is 1. The first-order valence-corrected chi connectivity index (χ1v) is 8.52. The van der Waals surface area contributed by atoms with Gasteiger partial charge in [0.1, 0.15) is 11.4 Å². The molecule has 0 saturated heterocycles. The summed E-state index contributed by atoms with van der Waals surface area (Å²) in [4.78, 5) is 12.2. The molecule has 1 aromatic heterocycles. The number of carbonyl (C=O) groups excluding carboxylic acids is 1. The van der Waals surface area contributed by atoms with E-state index in [0.29, 0.717) is 17.0 Å². The van der Waals surface area contributed by atoms with Crippen LogP contribution in [0.5, 0.6) is 5.75 Å². The van der Waals surface area contributed by atoms with Crippen LogP contribution in [0.25, 0.3) is 11.3 Å². The first kappa shape index (κ1) is 20.0. The number of para-hydroxylation sites is 1. The maximum Gasteiger partial charge on any atom is 0.417 e. The molecule has 2 aromatic carbocycles. The predicted molar refractivity (Wildman–Crippen MR) is 101 cm³/mol. The third-order valence-electron chi connectivity index (χ3n) is 4.00. The monoisotopic (exact) mass is 399 g/mol. The van der Waals surface area contributed by atoms with Crippen molar-refractivity contribution in [1.29, 1.82) is 0 Å². The molecule has 3 rings (SSSR count). The van der Waals surface area contributed by atoms with E-state index in [1.807, 2.05) is 12.1 Å². The summed E-state index contributed by atoms with van der Waals surface area (Å²) in [6.45, 7) is -0.117. The SMILES string of the molecule is COc1ccccc1-c1cc(C(=O)NCC#Cc2ccccc2C(F)(F)F)[nH]n1. The van der Waals surface area contributed by atoms with E-state index in [1.54, 1.807) is 18.2 Å². The van der Waals surface area contributed by atoms with Gasteiger partial charge < -0.3 is 10.1 Å². The Hall–Kier alpha value is -3.73. The van der Waals surface area contributed by atoms with Crippen LogP contribution >= 0.6 is 0 Å². The second kappa shape index (κ2) is 8.52. The highest BCUT2D eigenvalue weighted by molar-refractivity contribution is 5.93. The van der Waals surface area contributed by atoms with Gasteiger partial charge in [0, 0.05) is 11.1 Å². The highest BCUT2D eigenvalue weighted by atomic mass is 19.4. The van der Waals surface area contributed by atoms with Gasteiger partial charge in [0.05, 0.1) is 24.9 Å². The van der Waals surface area contributed by atoms with Gasteiger partial charge in [-0.25, -0.2) is 0 Å². The molecule has 3 aromatic rings. The van der Waals surface area contributed by atoms with Crippen molar-refractivity contribution in [2.75, 3.05) is 13.7 Å². The van der Waals surface area contributed by atoms with Crippen molar-refractivity contribution in [3.63, 3.8) is 0 Å². The lowest BCUT2D eigenvalue weighted by Gasteiger charge is -2.08. The number of benzene rings is 2. The van der Waals surface area contributed by atoms with Crippen LogP contribution in [0, 0.1) is 11.8 Å². The van der Waals surface area contributed by atoms with E-state index < -0.39 is 17.6 Å². The fourth-order valence-electron chi connectivity index (χ4n) is 2.63. The predicted octanol–water partition coefficient (Wildman–Crippen LogP) is 3.89. The number of hydrogen-bond donors (Lipinski definition) is 2. The van der Waals surface area contributed by atoms with Crippen molar-refractivity contribution < 1.29 is 22.7 Å². The van der Waals surface area contributed by atoms with E-state index in [-0.39, 0.29) is 17.8 Å². The molecule has 8 heteroatoms. The lowest BCUT2D eigenvalue weighted by Crippen LogP contribution is -2.23. The van der Waals surface area contributed by atoms with E-state index in [4.69, 9.17) is 4.74 Å². The highest BCUT2D eigenvalue weighted by Crippen LogP contribution is 2.31. The van der Waals surface area contributed by atoms with Crippen LogP contribution in [0.2, 0.25) is 0 Å². The number of aromatic nitrogens is 2. The average molecular weight is 399 g/mol. The Bertz CT molecular complexity index is 1080. The molecule has 0 unspecified atom stereocenters. The molecule has 0 atom stereocenters. The van der Waals surface area contributed by atoms with Gasteiger partial charge in [0.15, 0.2) is 0 Å². The van der Waals surface area contributed by atoms with Crippen molar-refractivity contribution in [1.82, 2.24) is 15.5 Å². The first-order chi connectivity index (χ1) is 13.9. The van der Waals surface area contributed by atoms with Gasteiger partial charge in [0.2, 0.25) is 0 Å². The van der Waals surface area contributed by atoms with Gasteiger partial charge in [-0.2, -0.15) is 18.3 Å². The smallest absolute Gasteiger partial charge is 0.417 e.